The van der Waals surface area contributed by atoms with Crippen LogP contribution in [-0.4, -0.2) is 16.8 Å². The zero-order valence-corrected chi connectivity index (χ0v) is 14.7. The second-order valence-electron chi connectivity index (χ2n) is 5.57. The zero-order valence-electron chi connectivity index (χ0n) is 13.9. The predicted molar refractivity (Wildman–Crippen MR) is 102 cm³/mol. The van der Waals surface area contributed by atoms with Crippen molar-refractivity contribution in [3.8, 4) is 0 Å². The van der Waals surface area contributed by atoms with Crippen LogP contribution >= 0.6 is 11.3 Å². The minimum Gasteiger partial charge on any atom is -0.350 e. The summed E-state index contributed by atoms with van der Waals surface area (Å²) in [6.45, 7) is 0.411. The minimum absolute atomic E-state index is 0.246. The molecule has 1 atom stereocenters. The maximum Gasteiger partial charge on any atom is 0.265 e. The number of carbonyl (C=O) groups excluding carboxylic acids is 2. The van der Waals surface area contributed by atoms with Crippen LogP contribution in [0.2, 0.25) is 0 Å². The smallest absolute Gasteiger partial charge is 0.265 e. The average molecular weight is 366 g/mol. The number of aromatic nitrogens is 1. The monoisotopic (exact) mass is 366 g/mol. The minimum atomic E-state index is -0.814. The van der Waals surface area contributed by atoms with Crippen LogP contribution < -0.4 is 16.4 Å². The molecule has 0 saturated heterocycles. The van der Waals surface area contributed by atoms with Gasteiger partial charge in [0.05, 0.1) is 4.88 Å². The number of anilines is 1. The number of nitrogens with zero attached hydrogens (tertiary/aromatic N) is 1. The van der Waals surface area contributed by atoms with Gasteiger partial charge in [-0.1, -0.05) is 30.3 Å². The summed E-state index contributed by atoms with van der Waals surface area (Å²) in [7, 11) is 0. The summed E-state index contributed by atoms with van der Waals surface area (Å²) in [5.41, 5.74) is 7.68. The Kier molecular flexibility index (Phi) is 5.73. The van der Waals surface area contributed by atoms with E-state index in [1.807, 2.05) is 30.3 Å². The molecule has 6 nitrogen and oxygen atoms in total. The van der Waals surface area contributed by atoms with Gasteiger partial charge >= 0.3 is 0 Å². The third kappa shape index (κ3) is 4.53. The van der Waals surface area contributed by atoms with Crippen molar-refractivity contribution in [2.75, 3.05) is 5.32 Å². The fourth-order valence-corrected chi connectivity index (χ4v) is 3.20. The standard InChI is InChI=1S/C19H18N4O2S/c20-17(19(25)22-12-13-4-2-1-3-5-13)15-6-7-16(26-15)18(24)23-14-8-10-21-11-9-14/h1-11,17H,12,20H2,(H,22,25)(H,21,23,24). The highest BCUT2D eigenvalue weighted by atomic mass is 32.1. The number of hydrogen-bond acceptors (Lipinski definition) is 5. The number of nitrogens with two attached hydrogens (primary N) is 1. The topological polar surface area (TPSA) is 97.1 Å². The normalized spacial score (nSPS) is 11.6. The molecule has 0 aliphatic heterocycles. The number of rotatable bonds is 6. The van der Waals surface area contributed by atoms with Gasteiger partial charge in [-0.2, -0.15) is 0 Å². The molecule has 2 amide bonds. The molecule has 0 fully saturated rings. The first-order valence-electron chi connectivity index (χ1n) is 8.02. The maximum absolute atomic E-state index is 12.3. The molecular weight excluding hydrogens is 348 g/mol. The SMILES string of the molecule is NC(C(=O)NCc1ccccc1)c1ccc(C(=O)Nc2ccncc2)s1. The second kappa shape index (κ2) is 8.37. The van der Waals surface area contributed by atoms with Crippen molar-refractivity contribution in [2.45, 2.75) is 12.6 Å². The lowest BCUT2D eigenvalue weighted by molar-refractivity contribution is -0.122. The number of nitrogens with one attached hydrogen (secondary N) is 2. The number of pyridine rings is 1. The van der Waals surface area contributed by atoms with E-state index in [1.54, 1.807) is 36.7 Å². The first kappa shape index (κ1) is 17.8. The van der Waals surface area contributed by atoms with Gasteiger partial charge in [-0.05, 0) is 29.8 Å². The van der Waals surface area contributed by atoms with Crippen LogP contribution in [0.1, 0.15) is 26.2 Å². The molecule has 3 aromatic rings. The van der Waals surface area contributed by atoms with Gasteiger partial charge in [0.25, 0.3) is 5.91 Å². The molecule has 3 rings (SSSR count). The average Bonchev–Trinajstić information content (AvgIpc) is 3.17. The Balaban J connectivity index is 1.59. The molecule has 0 aliphatic carbocycles. The lowest BCUT2D eigenvalue weighted by atomic mass is 10.2. The van der Waals surface area contributed by atoms with Crippen LogP contribution in [0.4, 0.5) is 5.69 Å². The highest BCUT2D eigenvalue weighted by molar-refractivity contribution is 7.14. The summed E-state index contributed by atoms with van der Waals surface area (Å²) in [5.74, 6) is -0.527. The molecule has 0 aliphatic rings. The molecule has 0 spiro atoms. The number of amides is 2. The quantitative estimate of drug-likeness (QED) is 0.625. The summed E-state index contributed by atoms with van der Waals surface area (Å²) in [6.07, 6.45) is 3.20. The summed E-state index contributed by atoms with van der Waals surface area (Å²) in [5, 5.41) is 5.59. The third-order valence-corrected chi connectivity index (χ3v) is 4.85. The number of benzene rings is 1. The van der Waals surface area contributed by atoms with E-state index in [0.717, 1.165) is 5.56 Å². The zero-order chi connectivity index (χ0) is 18.4. The van der Waals surface area contributed by atoms with Gasteiger partial charge in [0.2, 0.25) is 5.91 Å². The number of carbonyl (C=O) groups is 2. The highest BCUT2D eigenvalue weighted by Gasteiger charge is 2.19. The Bertz CT molecular complexity index is 881. The fourth-order valence-electron chi connectivity index (χ4n) is 2.29. The van der Waals surface area contributed by atoms with E-state index in [2.05, 4.69) is 15.6 Å². The van der Waals surface area contributed by atoms with Crippen molar-refractivity contribution in [3.05, 3.63) is 82.3 Å². The molecule has 1 unspecified atom stereocenters. The first-order chi connectivity index (χ1) is 12.6. The Morgan fingerprint density at radius 1 is 1.04 bits per heavy atom. The van der Waals surface area contributed by atoms with Crippen molar-refractivity contribution in [2.24, 2.45) is 5.73 Å². The molecule has 26 heavy (non-hydrogen) atoms. The van der Waals surface area contributed by atoms with Crippen LogP contribution in [0.15, 0.2) is 67.0 Å². The molecule has 0 saturated carbocycles. The van der Waals surface area contributed by atoms with E-state index in [-0.39, 0.29) is 11.8 Å². The van der Waals surface area contributed by atoms with E-state index in [0.29, 0.717) is 22.0 Å². The molecular formula is C19H18N4O2S. The van der Waals surface area contributed by atoms with Crippen LogP contribution in [0, 0.1) is 0 Å². The van der Waals surface area contributed by atoms with Gasteiger partial charge < -0.3 is 16.4 Å². The van der Waals surface area contributed by atoms with Crippen molar-refractivity contribution < 1.29 is 9.59 Å². The summed E-state index contributed by atoms with van der Waals surface area (Å²) in [6, 6.07) is 15.6. The van der Waals surface area contributed by atoms with E-state index in [4.69, 9.17) is 5.73 Å². The van der Waals surface area contributed by atoms with E-state index in [1.165, 1.54) is 11.3 Å². The molecule has 0 bridgehead atoms. The van der Waals surface area contributed by atoms with Gasteiger partial charge in [0, 0.05) is 29.5 Å². The summed E-state index contributed by atoms with van der Waals surface area (Å²) < 4.78 is 0. The van der Waals surface area contributed by atoms with E-state index in [9.17, 15) is 9.59 Å². The van der Waals surface area contributed by atoms with Crippen molar-refractivity contribution >= 4 is 28.8 Å². The molecule has 4 N–H and O–H groups in total. The van der Waals surface area contributed by atoms with E-state index < -0.39 is 6.04 Å². The lowest BCUT2D eigenvalue weighted by Crippen LogP contribution is -2.33. The highest BCUT2D eigenvalue weighted by Crippen LogP contribution is 2.23. The van der Waals surface area contributed by atoms with Gasteiger partial charge in [-0.3, -0.25) is 14.6 Å². The molecule has 1 aromatic carbocycles. The molecule has 2 aromatic heterocycles. The van der Waals surface area contributed by atoms with Crippen molar-refractivity contribution in [3.63, 3.8) is 0 Å². The number of thiophene rings is 1. The molecule has 0 radical (unpaired) electrons. The van der Waals surface area contributed by atoms with Crippen LogP contribution in [0.25, 0.3) is 0 Å². The van der Waals surface area contributed by atoms with Gasteiger partial charge in [-0.25, -0.2) is 0 Å². The van der Waals surface area contributed by atoms with Crippen LogP contribution in [0.5, 0.6) is 0 Å². The van der Waals surface area contributed by atoms with E-state index >= 15 is 0 Å². The summed E-state index contributed by atoms with van der Waals surface area (Å²) in [4.78, 5) is 29.5. The molecule has 2 heterocycles. The predicted octanol–water partition coefficient (Wildman–Crippen LogP) is 2.71. The third-order valence-electron chi connectivity index (χ3n) is 3.69. The number of hydrogen-bond donors (Lipinski definition) is 3. The Morgan fingerprint density at radius 2 is 1.77 bits per heavy atom. The fraction of sp³-hybridized carbons (Fsp3) is 0.105. The summed E-state index contributed by atoms with van der Waals surface area (Å²) >= 11 is 1.20. The van der Waals surface area contributed by atoms with Gasteiger partial charge in [-0.15, -0.1) is 11.3 Å². The van der Waals surface area contributed by atoms with Gasteiger partial charge in [0.1, 0.15) is 6.04 Å². The van der Waals surface area contributed by atoms with Gasteiger partial charge in [0.15, 0.2) is 0 Å². The van der Waals surface area contributed by atoms with Crippen molar-refractivity contribution in [1.82, 2.24) is 10.3 Å². The van der Waals surface area contributed by atoms with Crippen LogP contribution in [-0.2, 0) is 11.3 Å². The first-order valence-corrected chi connectivity index (χ1v) is 8.83. The lowest BCUT2D eigenvalue weighted by Gasteiger charge is -2.10. The second-order valence-corrected chi connectivity index (χ2v) is 6.69. The largest absolute Gasteiger partial charge is 0.350 e. The Labute approximate surface area is 155 Å². The van der Waals surface area contributed by atoms with Crippen molar-refractivity contribution in [1.29, 1.82) is 0 Å². The molecule has 132 valence electrons. The van der Waals surface area contributed by atoms with Crippen LogP contribution in [0.3, 0.4) is 0 Å². The Morgan fingerprint density at radius 3 is 2.50 bits per heavy atom. The maximum atomic E-state index is 12.3. The molecule has 7 heteroatoms. The Hall–Kier alpha value is -3.03.